The number of nitro benzene ring substituents is 1. The standard InChI is InChI=1S/C23H27N5O4S/c1-27-13-11-19(12-14-27)25-26-23(30)21(16-33-15-17-5-3-2-4-6-17)24-22(29)18-7-9-20(10-8-18)28(31)32/h2-10,21H,11-16H2,1H3,(H,24,29)(H,26,30). The minimum atomic E-state index is -0.808. The van der Waals surface area contributed by atoms with Crippen molar-refractivity contribution in [3.63, 3.8) is 0 Å². The fraction of sp³-hybridized carbons (Fsp3) is 0.348. The Hall–Kier alpha value is -3.24. The Labute approximate surface area is 196 Å². The van der Waals surface area contributed by atoms with Crippen molar-refractivity contribution in [1.82, 2.24) is 15.6 Å². The van der Waals surface area contributed by atoms with Crippen LogP contribution in [0.15, 0.2) is 59.7 Å². The molecule has 33 heavy (non-hydrogen) atoms. The maximum atomic E-state index is 12.9. The number of hydrogen-bond donors (Lipinski definition) is 2. The maximum absolute atomic E-state index is 12.9. The number of piperidine rings is 1. The van der Waals surface area contributed by atoms with Gasteiger partial charge in [-0.1, -0.05) is 30.3 Å². The van der Waals surface area contributed by atoms with Crippen LogP contribution < -0.4 is 10.7 Å². The zero-order chi connectivity index (χ0) is 23.6. The Morgan fingerprint density at radius 3 is 2.42 bits per heavy atom. The van der Waals surface area contributed by atoms with E-state index in [1.54, 1.807) is 0 Å². The van der Waals surface area contributed by atoms with Crippen LogP contribution in [0.1, 0.15) is 28.8 Å². The molecule has 0 saturated carbocycles. The molecule has 1 atom stereocenters. The van der Waals surface area contributed by atoms with Crippen LogP contribution in [-0.4, -0.2) is 59.3 Å². The van der Waals surface area contributed by atoms with Crippen molar-refractivity contribution in [2.45, 2.75) is 24.6 Å². The van der Waals surface area contributed by atoms with Crippen LogP contribution in [0.2, 0.25) is 0 Å². The quantitative estimate of drug-likeness (QED) is 0.431. The highest BCUT2D eigenvalue weighted by atomic mass is 32.2. The monoisotopic (exact) mass is 469 g/mol. The van der Waals surface area contributed by atoms with Gasteiger partial charge in [-0.2, -0.15) is 16.9 Å². The van der Waals surface area contributed by atoms with Crippen LogP contribution in [0, 0.1) is 10.1 Å². The topological polar surface area (TPSA) is 117 Å². The Kier molecular flexibility index (Phi) is 8.96. The summed E-state index contributed by atoms with van der Waals surface area (Å²) in [5, 5.41) is 17.9. The molecule has 1 aliphatic rings. The van der Waals surface area contributed by atoms with Crippen LogP contribution in [0.5, 0.6) is 0 Å². The molecule has 0 aromatic heterocycles. The molecule has 9 nitrogen and oxygen atoms in total. The second-order valence-corrected chi connectivity index (χ2v) is 8.82. The first-order valence-electron chi connectivity index (χ1n) is 10.6. The highest BCUT2D eigenvalue weighted by Crippen LogP contribution is 2.15. The molecule has 10 heteroatoms. The van der Waals surface area contributed by atoms with E-state index in [1.165, 1.54) is 36.0 Å². The van der Waals surface area contributed by atoms with Gasteiger partial charge in [0.2, 0.25) is 0 Å². The van der Waals surface area contributed by atoms with Crippen LogP contribution in [-0.2, 0) is 10.5 Å². The van der Waals surface area contributed by atoms with Gasteiger partial charge in [-0.25, -0.2) is 5.43 Å². The molecule has 0 spiro atoms. The van der Waals surface area contributed by atoms with Crippen LogP contribution in [0.4, 0.5) is 5.69 Å². The smallest absolute Gasteiger partial charge is 0.269 e. The predicted octanol–water partition coefficient (Wildman–Crippen LogP) is 2.82. The minimum absolute atomic E-state index is 0.104. The van der Waals surface area contributed by atoms with Crippen molar-refractivity contribution in [2.24, 2.45) is 5.10 Å². The van der Waals surface area contributed by atoms with Gasteiger partial charge in [0.05, 0.1) is 4.92 Å². The number of rotatable bonds is 9. The second-order valence-electron chi connectivity index (χ2n) is 7.79. The van der Waals surface area contributed by atoms with E-state index in [2.05, 4.69) is 20.7 Å². The highest BCUT2D eigenvalue weighted by Gasteiger charge is 2.22. The molecule has 2 aromatic carbocycles. The fourth-order valence-electron chi connectivity index (χ4n) is 3.23. The summed E-state index contributed by atoms with van der Waals surface area (Å²) in [6.07, 6.45) is 1.58. The SMILES string of the molecule is CN1CCC(=NNC(=O)C(CSCc2ccccc2)NC(=O)c2ccc([N+](=O)[O-])cc2)CC1. The lowest BCUT2D eigenvalue weighted by Gasteiger charge is -2.23. The average molecular weight is 470 g/mol. The van der Waals surface area contributed by atoms with Gasteiger partial charge in [-0.05, 0) is 24.7 Å². The van der Waals surface area contributed by atoms with Gasteiger partial charge in [-0.3, -0.25) is 19.7 Å². The number of carbonyl (C=O) groups excluding carboxylic acids is 2. The molecule has 0 aliphatic carbocycles. The van der Waals surface area contributed by atoms with Crippen molar-refractivity contribution in [3.8, 4) is 0 Å². The summed E-state index contributed by atoms with van der Waals surface area (Å²) in [7, 11) is 2.04. The normalized spacial score (nSPS) is 14.9. The first kappa shape index (κ1) is 24.4. The second kappa shape index (κ2) is 12.1. The zero-order valence-corrected chi connectivity index (χ0v) is 19.2. The molecule has 1 saturated heterocycles. The molecule has 0 bridgehead atoms. The molecule has 3 rings (SSSR count). The van der Waals surface area contributed by atoms with Crippen LogP contribution >= 0.6 is 11.8 Å². The summed E-state index contributed by atoms with van der Waals surface area (Å²) in [4.78, 5) is 38.1. The maximum Gasteiger partial charge on any atom is 0.269 e. The van der Waals surface area contributed by atoms with Crippen LogP contribution in [0.25, 0.3) is 0 Å². The van der Waals surface area contributed by atoms with Gasteiger partial charge in [0.1, 0.15) is 6.04 Å². The Balaban J connectivity index is 1.64. The summed E-state index contributed by atoms with van der Waals surface area (Å²) in [6, 6.07) is 14.3. The van der Waals surface area contributed by atoms with E-state index in [1.807, 2.05) is 37.4 Å². The third kappa shape index (κ3) is 7.69. The number of nitrogens with zero attached hydrogens (tertiary/aromatic N) is 3. The molecule has 2 aromatic rings. The summed E-state index contributed by atoms with van der Waals surface area (Å²) in [6.45, 7) is 1.78. The third-order valence-electron chi connectivity index (χ3n) is 5.25. The molecular weight excluding hydrogens is 442 g/mol. The Morgan fingerprint density at radius 1 is 1.12 bits per heavy atom. The molecule has 174 valence electrons. The van der Waals surface area contributed by atoms with Crippen molar-refractivity contribution in [3.05, 3.63) is 75.8 Å². The first-order valence-corrected chi connectivity index (χ1v) is 11.8. The number of amides is 2. The molecular formula is C23H27N5O4S. The van der Waals surface area contributed by atoms with Gasteiger partial charge in [0, 0.05) is 60.8 Å². The number of hydrazone groups is 1. The number of thioether (sulfide) groups is 1. The van der Waals surface area contributed by atoms with Crippen molar-refractivity contribution in [2.75, 3.05) is 25.9 Å². The van der Waals surface area contributed by atoms with Gasteiger partial charge in [0.25, 0.3) is 17.5 Å². The van der Waals surface area contributed by atoms with Crippen molar-refractivity contribution < 1.29 is 14.5 Å². The summed E-state index contributed by atoms with van der Waals surface area (Å²) >= 11 is 1.53. The third-order valence-corrected chi connectivity index (χ3v) is 6.35. The Morgan fingerprint density at radius 2 is 1.79 bits per heavy atom. The number of benzene rings is 2. The number of nitro groups is 1. The first-order chi connectivity index (χ1) is 15.9. The van der Waals surface area contributed by atoms with E-state index >= 15 is 0 Å². The lowest BCUT2D eigenvalue weighted by atomic mass is 10.1. The molecule has 2 amide bonds. The molecule has 1 aliphatic heterocycles. The van der Waals surface area contributed by atoms with E-state index in [0.717, 1.165) is 37.2 Å². The zero-order valence-electron chi connectivity index (χ0n) is 18.4. The Bertz CT molecular complexity index is 988. The van der Waals surface area contributed by atoms with Gasteiger partial charge >= 0.3 is 0 Å². The minimum Gasteiger partial charge on any atom is -0.339 e. The number of likely N-dealkylation sites (tertiary alicyclic amines) is 1. The van der Waals surface area contributed by atoms with Gasteiger partial charge in [0.15, 0.2) is 0 Å². The van der Waals surface area contributed by atoms with Crippen molar-refractivity contribution >= 4 is 35.0 Å². The number of hydrogen-bond acceptors (Lipinski definition) is 7. The lowest BCUT2D eigenvalue weighted by Crippen LogP contribution is -2.47. The molecule has 2 N–H and O–H groups in total. The molecule has 0 radical (unpaired) electrons. The fourth-order valence-corrected chi connectivity index (χ4v) is 4.24. The number of non-ortho nitro benzene ring substituents is 1. The highest BCUT2D eigenvalue weighted by molar-refractivity contribution is 7.98. The number of nitrogens with one attached hydrogen (secondary N) is 2. The summed E-state index contributed by atoms with van der Waals surface area (Å²) in [5.74, 6) is 0.181. The van der Waals surface area contributed by atoms with Crippen LogP contribution in [0.3, 0.4) is 0 Å². The van der Waals surface area contributed by atoms with E-state index in [4.69, 9.17) is 0 Å². The van der Waals surface area contributed by atoms with Gasteiger partial charge in [-0.15, -0.1) is 0 Å². The largest absolute Gasteiger partial charge is 0.339 e. The van der Waals surface area contributed by atoms with E-state index in [0.29, 0.717) is 11.5 Å². The van der Waals surface area contributed by atoms with Crippen molar-refractivity contribution in [1.29, 1.82) is 0 Å². The van der Waals surface area contributed by atoms with E-state index in [-0.39, 0.29) is 11.3 Å². The average Bonchev–Trinajstić information content (AvgIpc) is 2.83. The molecule has 1 heterocycles. The van der Waals surface area contributed by atoms with Gasteiger partial charge < -0.3 is 10.2 Å². The molecule has 1 unspecified atom stereocenters. The number of carbonyl (C=O) groups is 2. The summed E-state index contributed by atoms with van der Waals surface area (Å²) < 4.78 is 0. The van der Waals surface area contributed by atoms with E-state index in [9.17, 15) is 19.7 Å². The molecule has 1 fully saturated rings. The lowest BCUT2D eigenvalue weighted by molar-refractivity contribution is -0.384. The van der Waals surface area contributed by atoms with E-state index < -0.39 is 22.8 Å². The summed E-state index contributed by atoms with van der Waals surface area (Å²) in [5.41, 5.74) is 4.80. The predicted molar refractivity (Wildman–Crippen MR) is 129 cm³/mol.